The third-order valence-corrected chi connectivity index (χ3v) is 5.84. The molecule has 1 atom stereocenters. The molecule has 9 heteroatoms. The van der Waals surface area contributed by atoms with Crippen LogP contribution >= 0.6 is 0 Å². The van der Waals surface area contributed by atoms with Gasteiger partial charge in [0.05, 0.1) is 6.20 Å². The van der Waals surface area contributed by atoms with Crippen molar-refractivity contribution in [3.8, 4) is 0 Å². The average Bonchev–Trinajstić information content (AvgIpc) is 3.44. The molecule has 9 nitrogen and oxygen atoms in total. The van der Waals surface area contributed by atoms with E-state index in [1.165, 1.54) is 5.56 Å². The molecule has 1 fully saturated rings. The molecular formula is C20H32N8O. The fourth-order valence-electron chi connectivity index (χ4n) is 4.30. The van der Waals surface area contributed by atoms with Crippen molar-refractivity contribution in [2.24, 2.45) is 12.0 Å². The van der Waals surface area contributed by atoms with Crippen molar-refractivity contribution < 1.29 is 0 Å². The van der Waals surface area contributed by atoms with Gasteiger partial charge in [0.25, 0.3) is 0 Å². The second-order valence-electron chi connectivity index (χ2n) is 8.00. The van der Waals surface area contributed by atoms with Gasteiger partial charge in [-0.2, -0.15) is 10.2 Å². The van der Waals surface area contributed by atoms with Crippen molar-refractivity contribution in [2.75, 3.05) is 26.2 Å². The number of fused-ring (bicyclic) bond motifs is 1. The summed E-state index contributed by atoms with van der Waals surface area (Å²) in [7, 11) is 1.96. The molecule has 1 unspecified atom stereocenters. The Hall–Kier alpha value is -2.58. The molecule has 2 aromatic heterocycles. The molecule has 2 aromatic rings. The van der Waals surface area contributed by atoms with E-state index >= 15 is 0 Å². The molecule has 0 aliphatic carbocycles. The van der Waals surface area contributed by atoms with Crippen LogP contribution in [0, 0.1) is 0 Å². The molecule has 4 rings (SSSR count). The summed E-state index contributed by atoms with van der Waals surface area (Å²) in [4.78, 5) is 19.6. The number of likely N-dealkylation sites (tertiary alicyclic amines) is 1. The first-order valence-corrected chi connectivity index (χ1v) is 10.8. The van der Waals surface area contributed by atoms with E-state index in [0.717, 1.165) is 70.1 Å². The fourth-order valence-corrected chi connectivity index (χ4v) is 4.30. The summed E-state index contributed by atoms with van der Waals surface area (Å²) in [5, 5.41) is 12.2. The number of aryl methyl sites for hydroxylation is 3. The van der Waals surface area contributed by atoms with E-state index in [2.05, 4.69) is 33.5 Å². The second-order valence-corrected chi connectivity index (χ2v) is 8.00. The molecule has 2 aliphatic heterocycles. The van der Waals surface area contributed by atoms with Crippen LogP contribution in [0.2, 0.25) is 0 Å². The molecule has 1 saturated heterocycles. The minimum Gasteiger partial charge on any atom is -0.357 e. The zero-order chi connectivity index (χ0) is 20.2. The number of rotatable bonds is 6. The van der Waals surface area contributed by atoms with E-state index in [0.29, 0.717) is 19.0 Å². The highest BCUT2D eigenvalue weighted by Gasteiger charge is 2.26. The maximum atomic E-state index is 12.4. The van der Waals surface area contributed by atoms with Crippen LogP contribution in [-0.4, -0.2) is 61.2 Å². The lowest BCUT2D eigenvalue weighted by atomic mass is 10.0. The number of aromatic nitrogens is 5. The van der Waals surface area contributed by atoms with Gasteiger partial charge in [0.2, 0.25) is 0 Å². The number of hydrogen-bond donors (Lipinski definition) is 1. The minimum atomic E-state index is 0.0365. The summed E-state index contributed by atoms with van der Waals surface area (Å²) >= 11 is 0. The standard InChI is InChI=1S/C20H32N8O/c1-3-21-19(26-12-8-16(15-26)17-13-23-25(2)14-17)22-9-6-11-28-20(29)27-10-5-4-7-18(27)24-28/h13-14,16H,3-12,15H2,1-2H3,(H,21,22). The Labute approximate surface area is 171 Å². The Morgan fingerprint density at radius 1 is 1.34 bits per heavy atom. The zero-order valence-corrected chi connectivity index (χ0v) is 17.5. The van der Waals surface area contributed by atoms with Gasteiger partial charge in [0.15, 0.2) is 5.96 Å². The first kappa shape index (κ1) is 19.7. The number of aliphatic imine (C=N–C) groups is 1. The van der Waals surface area contributed by atoms with Crippen molar-refractivity contribution in [3.63, 3.8) is 0 Å². The summed E-state index contributed by atoms with van der Waals surface area (Å²) in [6, 6.07) is 0. The summed E-state index contributed by atoms with van der Waals surface area (Å²) in [5.74, 6) is 2.41. The van der Waals surface area contributed by atoms with Gasteiger partial charge < -0.3 is 10.2 Å². The van der Waals surface area contributed by atoms with Crippen LogP contribution in [0.4, 0.5) is 0 Å². The predicted octanol–water partition coefficient (Wildman–Crippen LogP) is 0.960. The van der Waals surface area contributed by atoms with Crippen molar-refractivity contribution in [1.29, 1.82) is 0 Å². The quantitative estimate of drug-likeness (QED) is 0.444. The van der Waals surface area contributed by atoms with E-state index < -0.39 is 0 Å². The molecule has 0 saturated carbocycles. The van der Waals surface area contributed by atoms with Crippen molar-refractivity contribution in [3.05, 3.63) is 34.3 Å². The van der Waals surface area contributed by atoms with Crippen molar-refractivity contribution >= 4 is 5.96 Å². The minimum absolute atomic E-state index is 0.0365. The Morgan fingerprint density at radius 3 is 3.00 bits per heavy atom. The van der Waals surface area contributed by atoms with Crippen LogP contribution in [0.1, 0.15) is 49.9 Å². The van der Waals surface area contributed by atoms with Gasteiger partial charge in [-0.05, 0) is 38.2 Å². The largest absolute Gasteiger partial charge is 0.357 e. The molecule has 0 spiro atoms. The van der Waals surface area contributed by atoms with Crippen LogP contribution in [0.3, 0.4) is 0 Å². The molecule has 4 heterocycles. The summed E-state index contributed by atoms with van der Waals surface area (Å²) in [6.07, 6.45) is 9.13. The van der Waals surface area contributed by atoms with Gasteiger partial charge in [-0.25, -0.2) is 9.48 Å². The highest BCUT2D eigenvalue weighted by molar-refractivity contribution is 5.80. The summed E-state index contributed by atoms with van der Waals surface area (Å²) in [6.45, 7) is 7.03. The monoisotopic (exact) mass is 400 g/mol. The Morgan fingerprint density at radius 2 is 2.24 bits per heavy atom. The fraction of sp³-hybridized carbons (Fsp3) is 0.700. The second kappa shape index (κ2) is 8.84. The Kier molecular flexibility index (Phi) is 6.01. The topological polar surface area (TPSA) is 85.3 Å². The lowest BCUT2D eigenvalue weighted by Crippen LogP contribution is -2.40. The molecule has 2 aliphatic rings. The van der Waals surface area contributed by atoms with Gasteiger partial charge in [-0.1, -0.05) is 0 Å². The third kappa shape index (κ3) is 4.38. The van der Waals surface area contributed by atoms with Crippen molar-refractivity contribution in [1.82, 2.24) is 34.3 Å². The van der Waals surface area contributed by atoms with E-state index in [1.807, 2.05) is 22.5 Å². The molecule has 0 bridgehead atoms. The smallest absolute Gasteiger partial charge is 0.345 e. The van der Waals surface area contributed by atoms with Gasteiger partial charge in [0.1, 0.15) is 5.82 Å². The normalized spacial score (nSPS) is 19.6. The van der Waals surface area contributed by atoms with Gasteiger partial charge in [0, 0.05) is 64.9 Å². The van der Waals surface area contributed by atoms with E-state index in [1.54, 1.807) is 4.68 Å². The lowest BCUT2D eigenvalue weighted by molar-refractivity contribution is 0.483. The van der Waals surface area contributed by atoms with Crippen molar-refractivity contribution in [2.45, 2.75) is 58.0 Å². The number of nitrogens with one attached hydrogen (secondary N) is 1. The van der Waals surface area contributed by atoms with Crippen LogP contribution < -0.4 is 11.0 Å². The average molecular weight is 401 g/mol. The highest BCUT2D eigenvalue weighted by Crippen LogP contribution is 2.26. The van der Waals surface area contributed by atoms with Crippen LogP contribution in [-0.2, 0) is 26.6 Å². The van der Waals surface area contributed by atoms with E-state index in [-0.39, 0.29) is 5.69 Å². The zero-order valence-electron chi connectivity index (χ0n) is 17.5. The van der Waals surface area contributed by atoms with Crippen LogP contribution in [0.5, 0.6) is 0 Å². The molecular weight excluding hydrogens is 368 g/mol. The summed E-state index contributed by atoms with van der Waals surface area (Å²) in [5.41, 5.74) is 1.34. The summed E-state index contributed by atoms with van der Waals surface area (Å²) < 4.78 is 5.32. The molecule has 0 aromatic carbocycles. The van der Waals surface area contributed by atoms with Gasteiger partial charge in [-0.3, -0.25) is 14.2 Å². The lowest BCUT2D eigenvalue weighted by Gasteiger charge is -2.21. The maximum Gasteiger partial charge on any atom is 0.345 e. The molecule has 0 amide bonds. The Bertz CT molecular complexity index is 908. The molecule has 158 valence electrons. The van der Waals surface area contributed by atoms with Gasteiger partial charge >= 0.3 is 5.69 Å². The highest BCUT2D eigenvalue weighted by atomic mass is 16.2. The van der Waals surface area contributed by atoms with Crippen LogP contribution in [0.15, 0.2) is 22.2 Å². The first-order chi connectivity index (χ1) is 14.2. The van der Waals surface area contributed by atoms with E-state index in [9.17, 15) is 4.79 Å². The molecule has 0 radical (unpaired) electrons. The molecule has 1 N–H and O–H groups in total. The number of nitrogens with zero attached hydrogens (tertiary/aromatic N) is 7. The number of hydrogen-bond acceptors (Lipinski definition) is 4. The third-order valence-electron chi connectivity index (χ3n) is 5.84. The maximum absolute atomic E-state index is 12.4. The molecule has 29 heavy (non-hydrogen) atoms. The number of guanidine groups is 1. The van der Waals surface area contributed by atoms with Gasteiger partial charge in [-0.15, -0.1) is 0 Å². The van der Waals surface area contributed by atoms with E-state index in [4.69, 9.17) is 4.99 Å². The predicted molar refractivity (Wildman–Crippen MR) is 112 cm³/mol. The Balaban J connectivity index is 1.33. The first-order valence-electron chi connectivity index (χ1n) is 10.8. The SMILES string of the molecule is CCNC(=NCCCn1nc2n(c1=O)CCCC2)N1CCC(c2cnn(C)c2)C1. The van der Waals surface area contributed by atoms with Crippen LogP contribution in [0.25, 0.3) is 0 Å².